The zero-order chi connectivity index (χ0) is 21.5. The van der Waals surface area contributed by atoms with Gasteiger partial charge in [0.25, 0.3) is 0 Å². The van der Waals surface area contributed by atoms with E-state index in [-0.39, 0.29) is 5.91 Å². The molecule has 0 spiro atoms. The number of nitriles is 1. The van der Waals surface area contributed by atoms with E-state index in [1.54, 1.807) is 10.7 Å². The number of carbonyl (C=O) groups is 1. The maximum atomic E-state index is 11.7. The first kappa shape index (κ1) is 18.9. The number of amides is 1. The highest BCUT2D eigenvalue weighted by molar-refractivity contribution is 5.89. The Morgan fingerprint density at radius 2 is 2.19 bits per heavy atom. The molecule has 0 radical (unpaired) electrons. The molecule has 5 rings (SSSR count). The lowest BCUT2D eigenvalue weighted by atomic mass is 10.1. The molecule has 3 N–H and O–H groups in total. The molecular weight excluding hydrogens is 390 g/mol. The van der Waals surface area contributed by atoms with Gasteiger partial charge < -0.3 is 16.0 Å². The molecule has 31 heavy (non-hydrogen) atoms. The van der Waals surface area contributed by atoms with Crippen LogP contribution in [0.2, 0.25) is 0 Å². The fraction of sp³-hybridized carbons (Fsp3) is 0.217. The summed E-state index contributed by atoms with van der Waals surface area (Å²) in [6, 6.07) is 10.2. The Labute approximate surface area is 179 Å². The summed E-state index contributed by atoms with van der Waals surface area (Å²) < 4.78 is 1.78. The van der Waals surface area contributed by atoms with E-state index in [0.29, 0.717) is 35.2 Å². The number of aromatic nitrogens is 3. The number of hydrogen-bond donors (Lipinski definition) is 3. The minimum absolute atomic E-state index is 0.0632. The zero-order valence-electron chi connectivity index (χ0n) is 17.1. The predicted octanol–water partition coefficient (Wildman–Crippen LogP) is 3.64. The number of nitrogens with one attached hydrogen (secondary N) is 3. The van der Waals surface area contributed by atoms with Crippen molar-refractivity contribution < 1.29 is 4.79 Å². The third kappa shape index (κ3) is 3.73. The fourth-order valence-corrected chi connectivity index (χ4v) is 3.55. The standard InChI is InChI=1S/C23H21N7O/c1-13-3-4-19(8-16(13)11-24)27-20-10-21(28-18-5-6-18)30-23(29-20)17(12-25-30)7-15-9-22(31)26-14(15)2/h3-4,7-8,10,12,18,28H,2,5-6,9H2,1H3,(H,26,31)(H,27,29)/b15-7+. The molecular formula is C23H21N7O. The van der Waals surface area contributed by atoms with Crippen LogP contribution in [0.1, 0.15) is 36.0 Å². The van der Waals surface area contributed by atoms with Gasteiger partial charge in [-0.3, -0.25) is 4.79 Å². The van der Waals surface area contributed by atoms with Crippen molar-refractivity contribution in [1.82, 2.24) is 19.9 Å². The molecule has 3 heterocycles. The van der Waals surface area contributed by atoms with Gasteiger partial charge in [0.2, 0.25) is 5.91 Å². The average molecular weight is 411 g/mol. The van der Waals surface area contributed by atoms with E-state index < -0.39 is 0 Å². The Balaban J connectivity index is 1.57. The Morgan fingerprint density at radius 3 is 2.90 bits per heavy atom. The lowest BCUT2D eigenvalue weighted by molar-refractivity contribution is -0.118. The van der Waals surface area contributed by atoms with Gasteiger partial charge in [-0.05, 0) is 49.1 Å². The van der Waals surface area contributed by atoms with Gasteiger partial charge in [0, 0.05) is 29.1 Å². The maximum absolute atomic E-state index is 11.7. The smallest absolute Gasteiger partial charge is 0.228 e. The molecule has 8 nitrogen and oxygen atoms in total. The van der Waals surface area contributed by atoms with Crippen LogP contribution in [0.4, 0.5) is 17.3 Å². The summed E-state index contributed by atoms with van der Waals surface area (Å²) in [7, 11) is 0. The first-order valence-electron chi connectivity index (χ1n) is 10.1. The normalized spacial score (nSPS) is 17.1. The minimum atomic E-state index is -0.0632. The van der Waals surface area contributed by atoms with Crippen LogP contribution in [0.5, 0.6) is 0 Å². The third-order valence-corrected chi connectivity index (χ3v) is 5.42. The number of benzene rings is 1. The van der Waals surface area contributed by atoms with Gasteiger partial charge in [-0.15, -0.1) is 0 Å². The monoisotopic (exact) mass is 411 g/mol. The molecule has 2 aromatic heterocycles. The van der Waals surface area contributed by atoms with Crippen molar-refractivity contribution in [1.29, 1.82) is 5.26 Å². The largest absolute Gasteiger partial charge is 0.367 e. The predicted molar refractivity (Wildman–Crippen MR) is 119 cm³/mol. The molecule has 1 aliphatic heterocycles. The first-order valence-corrected chi connectivity index (χ1v) is 10.1. The highest BCUT2D eigenvalue weighted by Crippen LogP contribution is 2.29. The second-order valence-corrected chi connectivity index (χ2v) is 7.92. The van der Waals surface area contributed by atoms with E-state index in [2.05, 4.69) is 33.7 Å². The summed E-state index contributed by atoms with van der Waals surface area (Å²) in [5, 5.41) is 23.4. The van der Waals surface area contributed by atoms with Crippen molar-refractivity contribution in [2.45, 2.75) is 32.2 Å². The Kier molecular flexibility index (Phi) is 4.44. The van der Waals surface area contributed by atoms with E-state index in [1.807, 2.05) is 37.3 Å². The summed E-state index contributed by atoms with van der Waals surface area (Å²) in [6.45, 7) is 5.82. The van der Waals surface area contributed by atoms with Gasteiger partial charge >= 0.3 is 0 Å². The lowest BCUT2D eigenvalue weighted by Crippen LogP contribution is -2.10. The van der Waals surface area contributed by atoms with Crippen molar-refractivity contribution in [2.24, 2.45) is 0 Å². The van der Waals surface area contributed by atoms with E-state index in [1.165, 1.54) is 0 Å². The highest BCUT2D eigenvalue weighted by Gasteiger charge is 2.24. The lowest BCUT2D eigenvalue weighted by Gasteiger charge is -2.12. The van der Waals surface area contributed by atoms with Gasteiger partial charge in [-0.1, -0.05) is 12.6 Å². The minimum Gasteiger partial charge on any atom is -0.367 e. The van der Waals surface area contributed by atoms with Crippen LogP contribution < -0.4 is 16.0 Å². The zero-order valence-corrected chi connectivity index (χ0v) is 17.1. The molecule has 1 aliphatic carbocycles. The SMILES string of the molecule is C=C1NC(=O)C/C1=C\c1cnn2c(NC3CC3)cc(Nc3ccc(C)c(C#N)c3)nc12. The van der Waals surface area contributed by atoms with Crippen molar-refractivity contribution in [3.05, 3.63) is 65.0 Å². The Hall–Kier alpha value is -4.12. The van der Waals surface area contributed by atoms with Crippen LogP contribution in [-0.2, 0) is 4.79 Å². The second kappa shape index (κ2) is 7.29. The maximum Gasteiger partial charge on any atom is 0.228 e. The van der Waals surface area contributed by atoms with Crippen LogP contribution >= 0.6 is 0 Å². The molecule has 2 aliphatic rings. The van der Waals surface area contributed by atoms with Crippen molar-refractivity contribution in [2.75, 3.05) is 10.6 Å². The van der Waals surface area contributed by atoms with Gasteiger partial charge in [-0.25, -0.2) is 4.98 Å². The fourth-order valence-electron chi connectivity index (χ4n) is 3.55. The van der Waals surface area contributed by atoms with E-state index in [9.17, 15) is 10.1 Å². The summed E-state index contributed by atoms with van der Waals surface area (Å²) in [5.74, 6) is 1.42. The van der Waals surface area contributed by atoms with Crippen molar-refractivity contribution in [3.8, 4) is 6.07 Å². The van der Waals surface area contributed by atoms with Crippen molar-refractivity contribution in [3.63, 3.8) is 0 Å². The van der Waals surface area contributed by atoms with Crippen LogP contribution in [0.25, 0.3) is 11.7 Å². The van der Waals surface area contributed by atoms with Gasteiger partial charge in [0.15, 0.2) is 5.65 Å². The number of fused-ring (bicyclic) bond motifs is 1. The highest BCUT2D eigenvalue weighted by atomic mass is 16.1. The number of anilines is 3. The van der Waals surface area contributed by atoms with Crippen LogP contribution in [0, 0.1) is 18.3 Å². The Morgan fingerprint density at radius 1 is 1.35 bits per heavy atom. The molecule has 154 valence electrons. The van der Waals surface area contributed by atoms with Crippen LogP contribution in [-0.4, -0.2) is 26.5 Å². The van der Waals surface area contributed by atoms with E-state index >= 15 is 0 Å². The molecule has 8 heteroatoms. The first-order chi connectivity index (χ1) is 15.0. The van der Waals surface area contributed by atoms with E-state index in [0.717, 1.165) is 41.0 Å². The number of allylic oxidation sites excluding steroid dienone is 1. The number of nitrogens with zero attached hydrogens (tertiary/aromatic N) is 4. The number of carbonyl (C=O) groups excluding carboxylic acids is 1. The molecule has 1 amide bonds. The number of aryl methyl sites for hydroxylation is 1. The summed E-state index contributed by atoms with van der Waals surface area (Å²) >= 11 is 0. The number of rotatable bonds is 5. The molecule has 0 bridgehead atoms. The quantitative estimate of drug-likeness (QED) is 0.592. The molecule has 2 fully saturated rings. The van der Waals surface area contributed by atoms with E-state index in [4.69, 9.17) is 4.98 Å². The van der Waals surface area contributed by atoms with Gasteiger partial charge in [0.05, 0.1) is 24.3 Å². The third-order valence-electron chi connectivity index (χ3n) is 5.42. The van der Waals surface area contributed by atoms with Crippen LogP contribution in [0.15, 0.2) is 48.3 Å². The van der Waals surface area contributed by atoms with Gasteiger partial charge in [0.1, 0.15) is 11.6 Å². The molecule has 1 aromatic carbocycles. The molecule has 1 saturated heterocycles. The number of hydrogen-bond acceptors (Lipinski definition) is 6. The van der Waals surface area contributed by atoms with Gasteiger partial charge in [-0.2, -0.15) is 14.9 Å². The van der Waals surface area contributed by atoms with Crippen LogP contribution in [0.3, 0.4) is 0 Å². The summed E-state index contributed by atoms with van der Waals surface area (Å²) in [4.78, 5) is 16.4. The summed E-state index contributed by atoms with van der Waals surface area (Å²) in [5.41, 5.74) is 5.24. The average Bonchev–Trinajstić information content (AvgIpc) is 3.38. The molecule has 0 atom stereocenters. The molecule has 1 saturated carbocycles. The second-order valence-electron chi connectivity index (χ2n) is 7.92. The molecule has 0 unspecified atom stereocenters. The van der Waals surface area contributed by atoms with Crippen molar-refractivity contribution >= 4 is 35.0 Å². The topological polar surface area (TPSA) is 107 Å². The summed E-state index contributed by atoms with van der Waals surface area (Å²) in [6.07, 6.45) is 6.19. The Bertz CT molecular complexity index is 1310. The molecule has 3 aromatic rings.